The van der Waals surface area contributed by atoms with Crippen LogP contribution >= 0.6 is 0 Å². The second-order valence-electron chi connectivity index (χ2n) is 3.66. The lowest BCUT2D eigenvalue weighted by atomic mass is 9.92. The number of carbonyl (C=O) groups is 3. The van der Waals surface area contributed by atoms with E-state index in [1.807, 2.05) is 0 Å². The van der Waals surface area contributed by atoms with Gasteiger partial charge < -0.3 is 14.9 Å². The van der Waals surface area contributed by atoms with Crippen molar-refractivity contribution in [3.63, 3.8) is 0 Å². The van der Waals surface area contributed by atoms with E-state index in [1.54, 1.807) is 13.8 Å². The Morgan fingerprint density at radius 1 is 1.31 bits per heavy atom. The molecule has 0 spiro atoms. The zero-order valence-electron chi connectivity index (χ0n) is 9.10. The first-order valence-corrected chi connectivity index (χ1v) is 4.58. The molecule has 0 amide bonds. The summed E-state index contributed by atoms with van der Waals surface area (Å²) in [5, 5.41) is 17.8. The van der Waals surface area contributed by atoms with Gasteiger partial charge in [0.1, 0.15) is 0 Å². The second-order valence-corrected chi connectivity index (χ2v) is 3.66. The fourth-order valence-corrected chi connectivity index (χ4v) is 1.18. The number of carbonyl (C=O) groups excluding carboxylic acids is 1. The molecule has 0 aromatic rings. The molecule has 0 radical (unpaired) electrons. The SMILES string of the molecule is C=CC(=O)OC(CC(C)C)(C(=O)O)C(=O)O. The molecule has 6 heteroatoms. The Bertz CT molecular complexity index is 303. The molecule has 0 saturated heterocycles. The number of carboxylic acid groups (broad SMARTS) is 2. The van der Waals surface area contributed by atoms with Crippen LogP contribution in [0.15, 0.2) is 12.7 Å². The number of rotatable bonds is 6. The van der Waals surface area contributed by atoms with Crippen molar-refractivity contribution in [3.8, 4) is 0 Å². The molecule has 0 aromatic heterocycles. The maximum atomic E-state index is 11.0. The number of esters is 1. The molecule has 0 heterocycles. The van der Waals surface area contributed by atoms with Gasteiger partial charge in [0.25, 0.3) is 0 Å². The predicted octanol–water partition coefficient (Wildman–Crippen LogP) is 0.670. The molecule has 0 aliphatic heterocycles. The van der Waals surface area contributed by atoms with Gasteiger partial charge in [0.2, 0.25) is 0 Å². The lowest BCUT2D eigenvalue weighted by molar-refractivity contribution is -0.190. The largest absolute Gasteiger partial charge is 0.478 e. The van der Waals surface area contributed by atoms with Crippen LogP contribution in [0.1, 0.15) is 20.3 Å². The first kappa shape index (κ1) is 14.2. The summed E-state index contributed by atoms with van der Waals surface area (Å²) in [6.45, 7) is 6.34. The third kappa shape index (κ3) is 3.08. The van der Waals surface area contributed by atoms with Gasteiger partial charge in [0.15, 0.2) is 0 Å². The molecular weight excluding hydrogens is 216 g/mol. The van der Waals surface area contributed by atoms with Crippen molar-refractivity contribution in [3.05, 3.63) is 12.7 Å². The fourth-order valence-electron chi connectivity index (χ4n) is 1.18. The van der Waals surface area contributed by atoms with Crippen LogP contribution in [-0.4, -0.2) is 33.7 Å². The molecule has 90 valence electrons. The Hall–Kier alpha value is -1.85. The highest BCUT2D eigenvalue weighted by molar-refractivity contribution is 6.04. The maximum Gasteiger partial charge on any atom is 0.360 e. The van der Waals surface area contributed by atoms with Crippen LogP contribution in [0.5, 0.6) is 0 Å². The van der Waals surface area contributed by atoms with Crippen molar-refractivity contribution in [2.75, 3.05) is 0 Å². The second kappa shape index (κ2) is 5.29. The Morgan fingerprint density at radius 3 is 2.00 bits per heavy atom. The van der Waals surface area contributed by atoms with E-state index in [0.717, 1.165) is 6.08 Å². The Kier molecular flexibility index (Phi) is 4.68. The normalized spacial score (nSPS) is 10.9. The number of ether oxygens (including phenoxy) is 1. The molecule has 0 aliphatic carbocycles. The number of carboxylic acids is 2. The Labute approximate surface area is 92.5 Å². The van der Waals surface area contributed by atoms with Crippen LogP contribution < -0.4 is 0 Å². The monoisotopic (exact) mass is 230 g/mol. The number of hydrogen-bond acceptors (Lipinski definition) is 4. The van der Waals surface area contributed by atoms with Gasteiger partial charge in [-0.1, -0.05) is 20.4 Å². The van der Waals surface area contributed by atoms with E-state index in [0.29, 0.717) is 0 Å². The molecule has 0 aliphatic rings. The van der Waals surface area contributed by atoms with Crippen LogP contribution in [-0.2, 0) is 19.1 Å². The molecule has 0 aromatic carbocycles. The van der Waals surface area contributed by atoms with Gasteiger partial charge in [-0.3, -0.25) is 0 Å². The summed E-state index contributed by atoms with van der Waals surface area (Å²) < 4.78 is 4.46. The van der Waals surface area contributed by atoms with Crippen molar-refractivity contribution in [2.24, 2.45) is 5.92 Å². The molecule has 0 bridgehead atoms. The van der Waals surface area contributed by atoms with Crippen LogP contribution in [0.2, 0.25) is 0 Å². The molecule has 16 heavy (non-hydrogen) atoms. The molecular formula is C10H14O6. The van der Waals surface area contributed by atoms with Crippen molar-refractivity contribution in [1.29, 1.82) is 0 Å². The van der Waals surface area contributed by atoms with E-state index in [9.17, 15) is 14.4 Å². The standard InChI is InChI=1S/C10H14O6/c1-4-7(11)16-10(8(12)13,9(14)15)5-6(2)3/h4,6H,1,5H2,2-3H3,(H,12,13)(H,14,15). The molecule has 0 saturated carbocycles. The van der Waals surface area contributed by atoms with Crippen molar-refractivity contribution < 1.29 is 29.3 Å². The highest BCUT2D eigenvalue weighted by Gasteiger charge is 2.50. The zero-order valence-corrected chi connectivity index (χ0v) is 9.10. The third-order valence-electron chi connectivity index (χ3n) is 1.83. The quantitative estimate of drug-likeness (QED) is 0.395. The van der Waals surface area contributed by atoms with E-state index < -0.39 is 23.5 Å². The minimum atomic E-state index is -2.54. The van der Waals surface area contributed by atoms with Gasteiger partial charge in [-0.15, -0.1) is 0 Å². The molecule has 2 N–H and O–H groups in total. The van der Waals surface area contributed by atoms with Gasteiger partial charge in [-0.2, -0.15) is 0 Å². The molecule has 6 nitrogen and oxygen atoms in total. The summed E-state index contributed by atoms with van der Waals surface area (Å²) in [6.07, 6.45) is 0.415. The topological polar surface area (TPSA) is 101 Å². The van der Waals surface area contributed by atoms with Crippen LogP contribution in [0.4, 0.5) is 0 Å². The fraction of sp³-hybridized carbons (Fsp3) is 0.500. The lowest BCUT2D eigenvalue weighted by Crippen LogP contribution is -2.51. The summed E-state index contributed by atoms with van der Waals surface area (Å²) in [7, 11) is 0. The van der Waals surface area contributed by atoms with Gasteiger partial charge in [0, 0.05) is 12.5 Å². The summed E-state index contributed by atoms with van der Waals surface area (Å²) in [5.74, 6) is -4.75. The van der Waals surface area contributed by atoms with Crippen molar-refractivity contribution in [2.45, 2.75) is 25.9 Å². The summed E-state index contributed by atoms with van der Waals surface area (Å²) >= 11 is 0. The van der Waals surface area contributed by atoms with Crippen LogP contribution in [0.25, 0.3) is 0 Å². The van der Waals surface area contributed by atoms with E-state index >= 15 is 0 Å². The summed E-state index contributed by atoms with van der Waals surface area (Å²) in [5.41, 5.74) is -2.54. The predicted molar refractivity (Wildman–Crippen MR) is 53.7 cm³/mol. The highest BCUT2D eigenvalue weighted by Crippen LogP contribution is 2.23. The smallest absolute Gasteiger partial charge is 0.360 e. The zero-order chi connectivity index (χ0) is 12.9. The third-order valence-corrected chi connectivity index (χ3v) is 1.83. The highest BCUT2D eigenvalue weighted by atomic mass is 16.6. The van der Waals surface area contributed by atoms with Crippen molar-refractivity contribution >= 4 is 17.9 Å². The Balaban J connectivity index is 5.25. The van der Waals surface area contributed by atoms with Crippen molar-refractivity contribution in [1.82, 2.24) is 0 Å². The minimum Gasteiger partial charge on any atom is -0.478 e. The molecule has 0 unspecified atom stereocenters. The first-order valence-electron chi connectivity index (χ1n) is 4.58. The summed E-state index contributed by atoms with van der Waals surface area (Å²) in [6, 6.07) is 0. The summed E-state index contributed by atoms with van der Waals surface area (Å²) in [4.78, 5) is 32.9. The van der Waals surface area contributed by atoms with E-state index in [2.05, 4.69) is 11.3 Å². The van der Waals surface area contributed by atoms with Gasteiger partial charge in [-0.25, -0.2) is 14.4 Å². The van der Waals surface area contributed by atoms with Crippen LogP contribution in [0.3, 0.4) is 0 Å². The number of hydrogen-bond donors (Lipinski definition) is 2. The van der Waals surface area contributed by atoms with Gasteiger partial charge >= 0.3 is 23.5 Å². The van der Waals surface area contributed by atoms with Gasteiger partial charge in [0.05, 0.1) is 0 Å². The van der Waals surface area contributed by atoms with E-state index in [-0.39, 0.29) is 12.3 Å². The van der Waals surface area contributed by atoms with E-state index in [4.69, 9.17) is 10.2 Å². The van der Waals surface area contributed by atoms with Gasteiger partial charge in [-0.05, 0) is 5.92 Å². The molecule has 0 rings (SSSR count). The molecule has 0 atom stereocenters. The maximum absolute atomic E-state index is 11.0. The number of aliphatic carboxylic acids is 2. The molecule has 0 fully saturated rings. The van der Waals surface area contributed by atoms with E-state index in [1.165, 1.54) is 0 Å². The minimum absolute atomic E-state index is 0.259. The van der Waals surface area contributed by atoms with Crippen LogP contribution in [0, 0.1) is 5.92 Å². The average molecular weight is 230 g/mol. The average Bonchev–Trinajstić information content (AvgIpc) is 2.14. The first-order chi connectivity index (χ1) is 7.26. The lowest BCUT2D eigenvalue weighted by Gasteiger charge is -2.25. The Morgan fingerprint density at radius 2 is 1.75 bits per heavy atom.